The molecule has 3 rings (SSSR count). The van der Waals surface area contributed by atoms with E-state index in [0.717, 1.165) is 8.58 Å². The summed E-state index contributed by atoms with van der Waals surface area (Å²) in [6.45, 7) is 0. The molecule has 1 heterocycles. The minimum atomic E-state index is 0.781. The average Bonchev–Trinajstić information content (AvgIpc) is 2.26. The molecule has 68 valence electrons. The van der Waals surface area contributed by atoms with Crippen molar-refractivity contribution in [3.8, 4) is 0 Å². The molecule has 0 saturated heterocycles. The number of anilines is 2. The van der Waals surface area contributed by atoms with Gasteiger partial charge < -0.3 is 5.32 Å². The molecule has 0 fully saturated rings. The van der Waals surface area contributed by atoms with E-state index in [0.29, 0.717) is 0 Å². The number of hydrogen-bond acceptors (Lipinski definition) is 1. The SMILES string of the molecule is c1ccc2c(c1)Nc1ccccc1P2. The van der Waals surface area contributed by atoms with Crippen molar-refractivity contribution < 1.29 is 0 Å². The van der Waals surface area contributed by atoms with Gasteiger partial charge in [-0.1, -0.05) is 45.0 Å². The third kappa shape index (κ3) is 1.21. The van der Waals surface area contributed by atoms with Crippen LogP contribution >= 0.6 is 8.58 Å². The zero-order chi connectivity index (χ0) is 9.38. The lowest BCUT2D eigenvalue weighted by molar-refractivity contribution is 1.59. The van der Waals surface area contributed by atoms with Gasteiger partial charge in [-0.15, -0.1) is 0 Å². The first-order chi connectivity index (χ1) is 6.93. The first kappa shape index (κ1) is 8.02. The highest BCUT2D eigenvalue weighted by molar-refractivity contribution is 7.56. The third-order valence-corrected chi connectivity index (χ3v) is 3.80. The maximum absolute atomic E-state index is 3.45. The molecule has 0 saturated carbocycles. The van der Waals surface area contributed by atoms with Crippen LogP contribution in [0.25, 0.3) is 0 Å². The summed E-state index contributed by atoms with van der Waals surface area (Å²) in [6, 6.07) is 17.0. The van der Waals surface area contributed by atoms with Crippen molar-refractivity contribution in [2.24, 2.45) is 0 Å². The van der Waals surface area contributed by atoms with E-state index in [4.69, 9.17) is 0 Å². The Morgan fingerprint density at radius 2 is 1.21 bits per heavy atom. The lowest BCUT2D eigenvalue weighted by atomic mass is 10.2. The molecule has 0 unspecified atom stereocenters. The molecule has 2 aromatic rings. The summed E-state index contributed by atoms with van der Waals surface area (Å²) < 4.78 is 0. The molecule has 0 bridgehead atoms. The minimum Gasteiger partial charge on any atom is -0.354 e. The predicted molar refractivity (Wildman–Crippen MR) is 63.7 cm³/mol. The normalized spacial score (nSPS) is 12.6. The standard InChI is InChI=1S/C12H10NP/c1-3-7-11-9(5-1)13-10-6-2-4-8-12(10)14-11/h1-8,13-14H. The van der Waals surface area contributed by atoms with Gasteiger partial charge >= 0.3 is 0 Å². The lowest BCUT2D eigenvalue weighted by Gasteiger charge is -2.20. The van der Waals surface area contributed by atoms with Gasteiger partial charge in [0, 0.05) is 22.0 Å². The highest BCUT2D eigenvalue weighted by Crippen LogP contribution is 2.28. The zero-order valence-corrected chi connectivity index (χ0v) is 8.62. The molecule has 1 N–H and O–H groups in total. The van der Waals surface area contributed by atoms with Gasteiger partial charge in [0.1, 0.15) is 0 Å². The van der Waals surface area contributed by atoms with Gasteiger partial charge in [-0.3, -0.25) is 0 Å². The minimum absolute atomic E-state index is 0.781. The summed E-state index contributed by atoms with van der Waals surface area (Å²) >= 11 is 0. The summed E-state index contributed by atoms with van der Waals surface area (Å²) in [5, 5.41) is 6.26. The van der Waals surface area contributed by atoms with Crippen LogP contribution in [0.4, 0.5) is 11.4 Å². The first-order valence-electron chi connectivity index (χ1n) is 4.65. The summed E-state index contributed by atoms with van der Waals surface area (Å²) in [6.07, 6.45) is 0. The highest BCUT2D eigenvalue weighted by atomic mass is 31.1. The van der Waals surface area contributed by atoms with Crippen LogP contribution in [0.5, 0.6) is 0 Å². The fraction of sp³-hybridized carbons (Fsp3) is 0. The van der Waals surface area contributed by atoms with Crippen LogP contribution in [0.2, 0.25) is 0 Å². The van der Waals surface area contributed by atoms with Crippen molar-refractivity contribution in [3.05, 3.63) is 48.5 Å². The van der Waals surface area contributed by atoms with E-state index in [1.165, 1.54) is 22.0 Å². The smallest absolute Gasteiger partial charge is 0.0463 e. The van der Waals surface area contributed by atoms with E-state index in [-0.39, 0.29) is 0 Å². The summed E-state index contributed by atoms with van der Waals surface area (Å²) in [7, 11) is 0.781. The molecular formula is C12H10NP. The van der Waals surface area contributed by atoms with Crippen LogP contribution in [0.3, 0.4) is 0 Å². The number of rotatable bonds is 0. The Hall–Kier alpha value is -1.33. The van der Waals surface area contributed by atoms with Crippen molar-refractivity contribution >= 4 is 30.6 Å². The van der Waals surface area contributed by atoms with Crippen LogP contribution in [0.1, 0.15) is 0 Å². The topological polar surface area (TPSA) is 12.0 Å². The zero-order valence-electron chi connectivity index (χ0n) is 7.62. The Morgan fingerprint density at radius 3 is 1.79 bits per heavy atom. The molecule has 2 aromatic carbocycles. The van der Waals surface area contributed by atoms with Crippen molar-refractivity contribution in [2.75, 3.05) is 5.32 Å². The van der Waals surface area contributed by atoms with Gasteiger partial charge in [0.15, 0.2) is 0 Å². The van der Waals surface area contributed by atoms with Crippen molar-refractivity contribution in [2.45, 2.75) is 0 Å². The van der Waals surface area contributed by atoms with Gasteiger partial charge in [-0.25, -0.2) is 0 Å². The van der Waals surface area contributed by atoms with Crippen molar-refractivity contribution in [3.63, 3.8) is 0 Å². The lowest BCUT2D eigenvalue weighted by Crippen LogP contribution is -2.17. The van der Waals surface area contributed by atoms with Crippen LogP contribution in [0.15, 0.2) is 48.5 Å². The molecule has 0 atom stereocenters. The molecule has 0 amide bonds. The quantitative estimate of drug-likeness (QED) is 0.548. The second-order valence-electron chi connectivity index (χ2n) is 3.34. The largest absolute Gasteiger partial charge is 0.354 e. The highest BCUT2D eigenvalue weighted by Gasteiger charge is 2.12. The van der Waals surface area contributed by atoms with Crippen LogP contribution in [-0.4, -0.2) is 0 Å². The Morgan fingerprint density at radius 1 is 0.714 bits per heavy atom. The van der Waals surface area contributed by atoms with E-state index < -0.39 is 0 Å². The fourth-order valence-corrected chi connectivity index (χ4v) is 2.90. The monoisotopic (exact) mass is 199 g/mol. The number of nitrogens with one attached hydrogen (secondary N) is 1. The molecule has 1 aliphatic heterocycles. The summed E-state index contributed by atoms with van der Waals surface area (Å²) in [5.41, 5.74) is 2.51. The maximum atomic E-state index is 3.45. The van der Waals surface area contributed by atoms with E-state index in [1.807, 2.05) is 0 Å². The van der Waals surface area contributed by atoms with Gasteiger partial charge in [0.2, 0.25) is 0 Å². The summed E-state index contributed by atoms with van der Waals surface area (Å²) in [5.74, 6) is 0. The van der Waals surface area contributed by atoms with Gasteiger partial charge in [0.25, 0.3) is 0 Å². The second-order valence-corrected chi connectivity index (χ2v) is 4.67. The Balaban J connectivity index is 2.12. The van der Waals surface area contributed by atoms with E-state index in [9.17, 15) is 0 Å². The van der Waals surface area contributed by atoms with Crippen molar-refractivity contribution in [1.82, 2.24) is 0 Å². The van der Waals surface area contributed by atoms with Crippen LogP contribution < -0.4 is 15.9 Å². The molecule has 0 spiro atoms. The molecule has 0 radical (unpaired) electrons. The number of hydrogen-bond donors (Lipinski definition) is 1. The van der Waals surface area contributed by atoms with Gasteiger partial charge in [-0.05, 0) is 12.1 Å². The van der Waals surface area contributed by atoms with E-state index in [2.05, 4.69) is 53.8 Å². The van der Waals surface area contributed by atoms with E-state index in [1.54, 1.807) is 0 Å². The molecule has 1 nitrogen and oxygen atoms in total. The van der Waals surface area contributed by atoms with E-state index >= 15 is 0 Å². The Kier molecular flexibility index (Phi) is 1.78. The molecule has 0 aliphatic carbocycles. The van der Waals surface area contributed by atoms with Crippen LogP contribution in [0, 0.1) is 0 Å². The number of benzene rings is 2. The van der Waals surface area contributed by atoms with Crippen LogP contribution in [-0.2, 0) is 0 Å². The Bertz CT molecular complexity index is 392. The van der Waals surface area contributed by atoms with Crippen molar-refractivity contribution in [1.29, 1.82) is 0 Å². The Labute approximate surface area is 84.9 Å². The molecule has 14 heavy (non-hydrogen) atoms. The van der Waals surface area contributed by atoms with Gasteiger partial charge in [0.05, 0.1) is 0 Å². The molecule has 0 aromatic heterocycles. The summed E-state index contributed by atoms with van der Waals surface area (Å²) in [4.78, 5) is 0. The fourth-order valence-electron chi connectivity index (χ4n) is 1.69. The molecular weight excluding hydrogens is 189 g/mol. The predicted octanol–water partition coefficient (Wildman–Crippen LogP) is 2.37. The first-order valence-corrected chi connectivity index (χ1v) is 5.65. The molecule has 1 aliphatic rings. The van der Waals surface area contributed by atoms with Gasteiger partial charge in [-0.2, -0.15) is 0 Å². The third-order valence-electron chi connectivity index (χ3n) is 2.39. The second kappa shape index (κ2) is 3.11. The molecule has 2 heteroatoms. The number of fused-ring (bicyclic) bond motifs is 2. The number of para-hydroxylation sites is 2. The average molecular weight is 199 g/mol. The maximum Gasteiger partial charge on any atom is 0.0463 e.